The molecule has 0 saturated heterocycles. The number of ether oxygens (including phenoxy) is 1. The first-order valence-corrected chi connectivity index (χ1v) is 9.16. The third-order valence-corrected chi connectivity index (χ3v) is 6.24. The molecule has 0 spiro atoms. The van der Waals surface area contributed by atoms with Crippen molar-refractivity contribution in [1.29, 1.82) is 0 Å². The first kappa shape index (κ1) is 20.9. The summed E-state index contributed by atoms with van der Waals surface area (Å²) in [6.45, 7) is 2.11. The number of carboxylic acid groups (broad SMARTS) is 1. The van der Waals surface area contributed by atoms with Crippen LogP contribution in [0, 0.1) is 0 Å². The van der Waals surface area contributed by atoms with Crippen LogP contribution in [0.5, 0.6) is 0 Å². The third-order valence-electron chi connectivity index (χ3n) is 4.53. The van der Waals surface area contributed by atoms with Gasteiger partial charge in [0, 0.05) is 10.5 Å². The van der Waals surface area contributed by atoms with E-state index in [9.17, 15) is 14.4 Å². The maximum Gasteiger partial charge on any atom is 0.334 e. The van der Waals surface area contributed by atoms with E-state index in [4.69, 9.17) is 16.6 Å². The molecule has 0 aromatic heterocycles. The van der Waals surface area contributed by atoms with Crippen LogP contribution < -0.4 is 11.5 Å². The second-order valence-corrected chi connectivity index (χ2v) is 8.25. The molecule has 0 amide bonds. The molecule has 0 radical (unpaired) electrons. The predicted octanol–water partition coefficient (Wildman–Crippen LogP) is 1.07. The van der Waals surface area contributed by atoms with Gasteiger partial charge in [-0.25, -0.2) is 4.79 Å². The van der Waals surface area contributed by atoms with Gasteiger partial charge in [-0.15, -0.1) is 0 Å². The Morgan fingerprint density at radius 3 is 2.25 bits per heavy atom. The van der Waals surface area contributed by atoms with Gasteiger partial charge in [0.2, 0.25) is 0 Å². The van der Waals surface area contributed by atoms with Crippen molar-refractivity contribution in [3.63, 3.8) is 0 Å². The molecular weight excluding hydrogens is 332 g/mol. The number of carboxylic acids is 1. The van der Waals surface area contributed by atoms with Crippen molar-refractivity contribution in [1.82, 2.24) is 0 Å². The second kappa shape index (κ2) is 8.82. The largest absolute Gasteiger partial charge is 0.481 e. The molecule has 2 atom stereocenters. The number of aliphatic carboxylic acids is 1. The van der Waals surface area contributed by atoms with Gasteiger partial charge < -0.3 is 21.3 Å². The number of hydrogen-bond donors (Lipinski definition) is 3. The Labute approximate surface area is 146 Å². The number of rotatable bonds is 8. The number of methoxy groups -OCH3 is 1. The van der Waals surface area contributed by atoms with Crippen molar-refractivity contribution < 1.29 is 24.2 Å². The Bertz CT molecular complexity index is 477. The van der Waals surface area contributed by atoms with Gasteiger partial charge >= 0.3 is 11.9 Å². The zero-order chi connectivity index (χ0) is 18.4. The van der Waals surface area contributed by atoms with Crippen molar-refractivity contribution in [3.05, 3.63) is 0 Å². The molecule has 0 aromatic carbocycles. The Hall–Kier alpha value is -1.12. The van der Waals surface area contributed by atoms with Crippen LogP contribution in [0.1, 0.15) is 51.9 Å². The molecular formula is C16H28N2O5S. The van der Waals surface area contributed by atoms with Gasteiger partial charge in [-0.3, -0.25) is 9.59 Å². The van der Waals surface area contributed by atoms with Gasteiger partial charge in [0.05, 0.1) is 19.6 Å². The Morgan fingerprint density at radius 1 is 1.25 bits per heavy atom. The zero-order valence-corrected chi connectivity index (χ0v) is 15.2. The molecule has 0 aliphatic heterocycles. The SMILES string of the molecule is COC(=O)[C@@](N)(CSC1(C)CCCCCC1)C(=O)[C@@H](N)CC(=O)O. The molecule has 0 unspecified atom stereocenters. The number of nitrogens with two attached hydrogens (primary N) is 2. The van der Waals surface area contributed by atoms with Gasteiger partial charge in [0.1, 0.15) is 0 Å². The van der Waals surface area contributed by atoms with Crippen molar-refractivity contribution in [2.45, 2.75) is 68.2 Å². The molecule has 0 bridgehead atoms. The molecule has 0 aromatic rings. The van der Waals surface area contributed by atoms with E-state index in [1.54, 1.807) is 0 Å². The van der Waals surface area contributed by atoms with Crippen molar-refractivity contribution in [3.8, 4) is 0 Å². The molecule has 138 valence electrons. The summed E-state index contributed by atoms with van der Waals surface area (Å²) in [5, 5.41) is 8.81. The van der Waals surface area contributed by atoms with Crippen LogP contribution in [-0.2, 0) is 19.1 Å². The van der Waals surface area contributed by atoms with E-state index in [0.29, 0.717) is 0 Å². The lowest BCUT2D eigenvalue weighted by molar-refractivity contribution is -0.151. The third kappa shape index (κ3) is 5.46. The van der Waals surface area contributed by atoms with E-state index in [1.165, 1.54) is 24.6 Å². The van der Waals surface area contributed by atoms with Crippen molar-refractivity contribution in [2.75, 3.05) is 12.9 Å². The van der Waals surface area contributed by atoms with E-state index in [1.807, 2.05) is 0 Å². The molecule has 7 nitrogen and oxygen atoms in total. The summed E-state index contributed by atoms with van der Waals surface area (Å²) in [6, 6.07) is -1.34. The fourth-order valence-electron chi connectivity index (χ4n) is 2.93. The lowest BCUT2D eigenvalue weighted by atomic mass is 9.91. The predicted molar refractivity (Wildman–Crippen MR) is 92.7 cm³/mol. The Morgan fingerprint density at radius 2 is 1.79 bits per heavy atom. The Balaban J connectivity index is 2.89. The van der Waals surface area contributed by atoms with E-state index in [2.05, 4.69) is 11.7 Å². The molecule has 1 fully saturated rings. The number of thioether (sulfide) groups is 1. The highest BCUT2D eigenvalue weighted by atomic mass is 32.2. The van der Waals surface area contributed by atoms with Crippen LogP contribution in [0.4, 0.5) is 0 Å². The number of esters is 1. The summed E-state index contributed by atoms with van der Waals surface area (Å²) in [5.74, 6) is -2.85. The standard InChI is InChI=1S/C16H28N2O5S/c1-15(7-5-3-4-6-8-15)24-10-16(18,14(22)23-2)13(21)11(17)9-12(19)20/h11H,3-10,17-18H2,1-2H3,(H,19,20)/t11-,16+/m0/s1. The van der Waals surface area contributed by atoms with Gasteiger partial charge in [-0.05, 0) is 12.8 Å². The van der Waals surface area contributed by atoms with Gasteiger partial charge in [-0.2, -0.15) is 11.8 Å². The van der Waals surface area contributed by atoms with Crippen LogP contribution >= 0.6 is 11.8 Å². The number of hydrogen-bond acceptors (Lipinski definition) is 7. The average Bonchev–Trinajstić information content (AvgIpc) is 2.75. The number of carbonyl (C=O) groups excluding carboxylic acids is 2. The summed E-state index contributed by atoms with van der Waals surface area (Å²) in [4.78, 5) is 35.4. The second-order valence-electron chi connectivity index (χ2n) is 6.68. The summed E-state index contributed by atoms with van der Waals surface area (Å²) in [7, 11) is 1.15. The summed E-state index contributed by atoms with van der Waals surface area (Å²) in [5.41, 5.74) is 9.78. The fraction of sp³-hybridized carbons (Fsp3) is 0.812. The van der Waals surface area contributed by atoms with E-state index < -0.39 is 35.7 Å². The first-order valence-electron chi connectivity index (χ1n) is 8.17. The van der Waals surface area contributed by atoms with Crippen LogP contribution in [0.3, 0.4) is 0 Å². The maximum absolute atomic E-state index is 12.5. The van der Waals surface area contributed by atoms with Crippen molar-refractivity contribution in [2.24, 2.45) is 11.5 Å². The zero-order valence-electron chi connectivity index (χ0n) is 14.4. The molecule has 0 heterocycles. The summed E-state index contributed by atoms with van der Waals surface area (Å²) in [6.07, 6.45) is 5.98. The number of carbonyl (C=O) groups is 3. The lowest BCUT2D eigenvalue weighted by Gasteiger charge is -2.33. The number of ketones is 1. The summed E-state index contributed by atoms with van der Waals surface area (Å²) >= 11 is 1.48. The topological polar surface area (TPSA) is 133 Å². The van der Waals surface area contributed by atoms with Gasteiger partial charge in [-0.1, -0.05) is 32.6 Å². The lowest BCUT2D eigenvalue weighted by Crippen LogP contribution is -2.63. The van der Waals surface area contributed by atoms with E-state index in [0.717, 1.165) is 32.8 Å². The smallest absolute Gasteiger partial charge is 0.334 e. The van der Waals surface area contributed by atoms with E-state index in [-0.39, 0.29) is 10.5 Å². The normalized spacial score (nSPS) is 21.2. The van der Waals surface area contributed by atoms with Gasteiger partial charge in [0.15, 0.2) is 11.3 Å². The molecule has 5 N–H and O–H groups in total. The molecule has 1 saturated carbocycles. The van der Waals surface area contributed by atoms with Gasteiger partial charge in [0.25, 0.3) is 0 Å². The summed E-state index contributed by atoms with van der Waals surface area (Å²) < 4.78 is 4.62. The quantitative estimate of drug-likeness (QED) is 0.333. The Kier molecular flexibility index (Phi) is 7.69. The highest BCUT2D eigenvalue weighted by molar-refractivity contribution is 8.00. The van der Waals surface area contributed by atoms with E-state index >= 15 is 0 Å². The molecule has 24 heavy (non-hydrogen) atoms. The minimum absolute atomic E-state index is 0.0301. The maximum atomic E-state index is 12.5. The molecule has 1 rings (SSSR count). The highest BCUT2D eigenvalue weighted by Gasteiger charge is 2.47. The minimum Gasteiger partial charge on any atom is -0.481 e. The molecule has 1 aliphatic rings. The van der Waals surface area contributed by atoms with Crippen LogP contribution in [0.25, 0.3) is 0 Å². The van der Waals surface area contributed by atoms with Crippen molar-refractivity contribution >= 4 is 29.5 Å². The van der Waals surface area contributed by atoms with Crippen LogP contribution in [0.2, 0.25) is 0 Å². The monoisotopic (exact) mass is 360 g/mol. The minimum atomic E-state index is -1.93. The number of Topliss-reactive ketones (excluding diaryl/α,β-unsaturated/α-hetero) is 1. The van der Waals surface area contributed by atoms with Crippen LogP contribution in [0.15, 0.2) is 0 Å². The highest BCUT2D eigenvalue weighted by Crippen LogP contribution is 2.39. The first-order chi connectivity index (χ1) is 11.1. The fourth-order valence-corrected chi connectivity index (χ4v) is 4.35. The molecule has 8 heteroatoms. The average molecular weight is 360 g/mol. The van der Waals surface area contributed by atoms with Crippen LogP contribution in [-0.4, -0.2) is 52.0 Å². The molecule has 1 aliphatic carbocycles.